The quantitative estimate of drug-likeness (QED) is 0.596. The summed E-state index contributed by atoms with van der Waals surface area (Å²) in [6.45, 7) is 3.54. The summed E-state index contributed by atoms with van der Waals surface area (Å²) in [7, 11) is 4.21. The Bertz CT molecular complexity index is 180. The molecule has 0 saturated heterocycles. The number of aliphatic hydroxyl groups excluding tert-OH is 1. The smallest absolute Gasteiger partial charge is 0.0610 e. The molecule has 90 valence electrons. The number of hydrogen-bond donors (Lipinski definition) is 2. The van der Waals surface area contributed by atoms with E-state index < -0.39 is 0 Å². The maximum Gasteiger partial charge on any atom is 0.0610 e. The average molecular weight is 214 g/mol. The highest BCUT2D eigenvalue weighted by molar-refractivity contribution is 4.92. The van der Waals surface area contributed by atoms with Gasteiger partial charge in [-0.1, -0.05) is 6.42 Å². The zero-order chi connectivity index (χ0) is 11.3. The van der Waals surface area contributed by atoms with E-state index in [2.05, 4.69) is 31.2 Å². The Morgan fingerprint density at radius 1 is 1.33 bits per heavy atom. The maximum atomic E-state index is 9.40. The van der Waals surface area contributed by atoms with Gasteiger partial charge in [0, 0.05) is 11.6 Å². The fourth-order valence-electron chi connectivity index (χ4n) is 1.86. The van der Waals surface area contributed by atoms with E-state index in [9.17, 15) is 5.11 Å². The lowest BCUT2D eigenvalue weighted by atomic mass is 9.95. The van der Waals surface area contributed by atoms with Crippen LogP contribution in [0.25, 0.3) is 0 Å². The van der Waals surface area contributed by atoms with E-state index in [1.54, 1.807) is 0 Å². The molecule has 1 unspecified atom stereocenters. The summed E-state index contributed by atoms with van der Waals surface area (Å²) in [6.07, 6.45) is 6.05. The normalized spacial score (nSPS) is 20.6. The summed E-state index contributed by atoms with van der Waals surface area (Å²) in [5.74, 6) is 0. The van der Waals surface area contributed by atoms with Crippen molar-refractivity contribution in [3.8, 4) is 0 Å². The first-order valence-electron chi connectivity index (χ1n) is 6.09. The predicted octanol–water partition coefficient (Wildman–Crippen LogP) is 1.22. The second-order valence-corrected chi connectivity index (χ2v) is 5.40. The van der Waals surface area contributed by atoms with Crippen LogP contribution in [0.2, 0.25) is 0 Å². The van der Waals surface area contributed by atoms with Gasteiger partial charge in [0.05, 0.1) is 6.61 Å². The molecule has 1 saturated carbocycles. The van der Waals surface area contributed by atoms with Gasteiger partial charge in [-0.2, -0.15) is 0 Å². The molecule has 0 heterocycles. The lowest BCUT2D eigenvalue weighted by molar-refractivity contribution is 0.160. The molecule has 3 heteroatoms. The molecule has 1 aliphatic rings. The standard InChI is InChI=1S/C12H26N2O/c1-12(10-15,13-11-6-7-11)8-4-5-9-14(2)3/h11,13,15H,4-10H2,1-3H3. The Balaban J connectivity index is 2.13. The van der Waals surface area contributed by atoms with E-state index in [0.717, 1.165) is 13.0 Å². The van der Waals surface area contributed by atoms with Crippen LogP contribution in [0.3, 0.4) is 0 Å². The number of nitrogens with zero attached hydrogens (tertiary/aromatic N) is 1. The van der Waals surface area contributed by atoms with Crippen molar-refractivity contribution in [2.75, 3.05) is 27.2 Å². The van der Waals surface area contributed by atoms with Gasteiger partial charge in [-0.05, 0) is 53.2 Å². The molecule has 3 nitrogen and oxygen atoms in total. The van der Waals surface area contributed by atoms with Gasteiger partial charge in [0.25, 0.3) is 0 Å². The van der Waals surface area contributed by atoms with Crippen molar-refractivity contribution in [2.24, 2.45) is 0 Å². The second kappa shape index (κ2) is 5.83. The molecule has 0 bridgehead atoms. The first kappa shape index (κ1) is 12.9. The number of unbranched alkanes of at least 4 members (excludes halogenated alkanes) is 1. The molecule has 0 aromatic carbocycles. The van der Waals surface area contributed by atoms with Crippen molar-refractivity contribution in [2.45, 2.75) is 50.6 Å². The maximum absolute atomic E-state index is 9.40. The van der Waals surface area contributed by atoms with Gasteiger partial charge in [-0.15, -0.1) is 0 Å². The predicted molar refractivity (Wildman–Crippen MR) is 64.1 cm³/mol. The Morgan fingerprint density at radius 3 is 2.47 bits per heavy atom. The van der Waals surface area contributed by atoms with Crippen LogP contribution in [0.15, 0.2) is 0 Å². The third kappa shape index (κ3) is 5.50. The minimum absolute atomic E-state index is 0.0481. The summed E-state index contributed by atoms with van der Waals surface area (Å²) < 4.78 is 0. The van der Waals surface area contributed by atoms with Gasteiger partial charge in [0.1, 0.15) is 0 Å². The third-order valence-corrected chi connectivity index (χ3v) is 3.06. The van der Waals surface area contributed by atoms with Crippen molar-refractivity contribution in [3.63, 3.8) is 0 Å². The zero-order valence-electron chi connectivity index (χ0n) is 10.4. The number of hydrogen-bond acceptors (Lipinski definition) is 3. The highest BCUT2D eigenvalue weighted by Gasteiger charge is 2.31. The van der Waals surface area contributed by atoms with Crippen LogP contribution < -0.4 is 5.32 Å². The minimum Gasteiger partial charge on any atom is -0.394 e. The molecule has 1 fully saturated rings. The molecule has 0 aromatic rings. The fourth-order valence-corrected chi connectivity index (χ4v) is 1.86. The lowest BCUT2D eigenvalue weighted by Gasteiger charge is -2.29. The highest BCUT2D eigenvalue weighted by Crippen LogP contribution is 2.24. The van der Waals surface area contributed by atoms with E-state index in [4.69, 9.17) is 0 Å². The lowest BCUT2D eigenvalue weighted by Crippen LogP contribution is -2.46. The van der Waals surface area contributed by atoms with Crippen LogP contribution in [-0.4, -0.2) is 48.8 Å². The molecule has 0 radical (unpaired) electrons. The molecule has 0 amide bonds. The van der Waals surface area contributed by atoms with Crippen LogP contribution in [0.1, 0.15) is 39.0 Å². The van der Waals surface area contributed by atoms with E-state index in [1.807, 2.05) is 0 Å². The first-order valence-corrected chi connectivity index (χ1v) is 6.09. The van der Waals surface area contributed by atoms with Crippen molar-refractivity contribution in [3.05, 3.63) is 0 Å². The molecule has 1 rings (SSSR count). The van der Waals surface area contributed by atoms with E-state index in [1.165, 1.54) is 25.7 Å². The molecular weight excluding hydrogens is 188 g/mol. The Labute approximate surface area is 93.9 Å². The molecule has 2 N–H and O–H groups in total. The summed E-state index contributed by atoms with van der Waals surface area (Å²) in [5, 5.41) is 12.9. The summed E-state index contributed by atoms with van der Waals surface area (Å²) in [4.78, 5) is 2.21. The third-order valence-electron chi connectivity index (χ3n) is 3.06. The average Bonchev–Trinajstić information content (AvgIpc) is 2.96. The fraction of sp³-hybridized carbons (Fsp3) is 1.00. The molecule has 0 aromatic heterocycles. The Morgan fingerprint density at radius 2 is 2.00 bits per heavy atom. The van der Waals surface area contributed by atoms with Gasteiger partial charge in [0.15, 0.2) is 0 Å². The summed E-state index contributed by atoms with van der Waals surface area (Å²) in [6, 6.07) is 0.677. The molecule has 15 heavy (non-hydrogen) atoms. The number of rotatable bonds is 8. The summed E-state index contributed by atoms with van der Waals surface area (Å²) >= 11 is 0. The zero-order valence-corrected chi connectivity index (χ0v) is 10.4. The second-order valence-electron chi connectivity index (χ2n) is 5.40. The van der Waals surface area contributed by atoms with Gasteiger partial charge in [-0.25, -0.2) is 0 Å². The van der Waals surface area contributed by atoms with Crippen molar-refractivity contribution in [1.82, 2.24) is 10.2 Å². The number of nitrogens with one attached hydrogen (secondary N) is 1. The van der Waals surface area contributed by atoms with E-state index in [-0.39, 0.29) is 12.1 Å². The molecule has 1 aliphatic carbocycles. The van der Waals surface area contributed by atoms with Crippen molar-refractivity contribution in [1.29, 1.82) is 0 Å². The van der Waals surface area contributed by atoms with Crippen LogP contribution in [-0.2, 0) is 0 Å². The largest absolute Gasteiger partial charge is 0.394 e. The first-order chi connectivity index (χ1) is 7.06. The van der Waals surface area contributed by atoms with Crippen molar-refractivity contribution >= 4 is 0 Å². The Hall–Kier alpha value is -0.120. The van der Waals surface area contributed by atoms with Crippen LogP contribution in [0, 0.1) is 0 Å². The van der Waals surface area contributed by atoms with Crippen LogP contribution in [0.4, 0.5) is 0 Å². The van der Waals surface area contributed by atoms with Gasteiger partial charge < -0.3 is 15.3 Å². The van der Waals surface area contributed by atoms with Crippen LogP contribution in [0.5, 0.6) is 0 Å². The molecule has 0 spiro atoms. The van der Waals surface area contributed by atoms with Crippen LogP contribution >= 0.6 is 0 Å². The molecule has 1 atom stereocenters. The molecular formula is C12H26N2O. The minimum atomic E-state index is -0.0481. The van der Waals surface area contributed by atoms with Gasteiger partial charge in [-0.3, -0.25) is 0 Å². The Kier molecular flexibility index (Phi) is 5.03. The topological polar surface area (TPSA) is 35.5 Å². The monoisotopic (exact) mass is 214 g/mol. The molecule has 0 aliphatic heterocycles. The number of aliphatic hydroxyl groups is 1. The summed E-state index contributed by atoms with van der Waals surface area (Å²) in [5.41, 5.74) is -0.0481. The SMILES string of the molecule is CN(C)CCCCC(C)(CO)NC1CC1. The van der Waals surface area contributed by atoms with Gasteiger partial charge in [0.2, 0.25) is 0 Å². The van der Waals surface area contributed by atoms with E-state index in [0.29, 0.717) is 6.04 Å². The highest BCUT2D eigenvalue weighted by atomic mass is 16.3. The van der Waals surface area contributed by atoms with Gasteiger partial charge >= 0.3 is 0 Å². The van der Waals surface area contributed by atoms with Crippen molar-refractivity contribution < 1.29 is 5.11 Å². The van der Waals surface area contributed by atoms with E-state index >= 15 is 0 Å².